The second-order valence-electron chi connectivity index (χ2n) is 6.19. The zero-order valence-corrected chi connectivity index (χ0v) is 15.4. The van der Waals surface area contributed by atoms with Crippen molar-refractivity contribution in [3.05, 3.63) is 53.6 Å². The van der Waals surface area contributed by atoms with Gasteiger partial charge in [0.1, 0.15) is 5.75 Å². The number of benzene rings is 2. The lowest BCUT2D eigenvalue weighted by Crippen LogP contribution is -2.28. The average Bonchev–Trinajstić information content (AvgIpc) is 2.60. The van der Waals surface area contributed by atoms with Gasteiger partial charge in [0.05, 0.1) is 6.61 Å². The van der Waals surface area contributed by atoms with Crippen molar-refractivity contribution < 1.29 is 9.53 Å². The smallest absolute Gasteiger partial charge is 0.319 e. The molecule has 5 heteroatoms. The lowest BCUT2D eigenvalue weighted by molar-refractivity contribution is 0.251. The zero-order valence-electron chi connectivity index (χ0n) is 15.4. The molecule has 0 aromatic heterocycles. The summed E-state index contributed by atoms with van der Waals surface area (Å²) in [4.78, 5) is 14.1. The second kappa shape index (κ2) is 8.97. The highest BCUT2D eigenvalue weighted by molar-refractivity contribution is 5.90. The minimum Gasteiger partial charge on any atom is -0.494 e. The first kappa shape index (κ1) is 18.6. The highest BCUT2D eigenvalue weighted by Gasteiger charge is 2.06. The quantitative estimate of drug-likeness (QED) is 0.795. The number of nitrogens with one attached hydrogen (secondary N) is 2. The van der Waals surface area contributed by atoms with Crippen LogP contribution in [0.25, 0.3) is 0 Å². The van der Waals surface area contributed by atoms with Gasteiger partial charge >= 0.3 is 6.03 Å². The highest BCUT2D eigenvalue weighted by atomic mass is 16.5. The van der Waals surface area contributed by atoms with Crippen LogP contribution in [0, 0.1) is 6.92 Å². The van der Waals surface area contributed by atoms with Crippen molar-refractivity contribution in [3.8, 4) is 5.75 Å². The van der Waals surface area contributed by atoms with E-state index in [2.05, 4.69) is 17.6 Å². The number of rotatable bonds is 7. The summed E-state index contributed by atoms with van der Waals surface area (Å²) in [5, 5.41) is 5.77. The van der Waals surface area contributed by atoms with E-state index in [0.717, 1.165) is 34.7 Å². The molecule has 0 fully saturated rings. The van der Waals surface area contributed by atoms with Crippen LogP contribution in [0.15, 0.2) is 42.5 Å². The van der Waals surface area contributed by atoms with Crippen LogP contribution >= 0.6 is 0 Å². The van der Waals surface area contributed by atoms with E-state index in [9.17, 15) is 4.79 Å². The Bertz CT molecular complexity index is 697. The number of nitrogens with zero attached hydrogens (tertiary/aromatic N) is 1. The topological polar surface area (TPSA) is 53.6 Å². The molecule has 0 saturated heterocycles. The van der Waals surface area contributed by atoms with Crippen LogP contribution in [-0.2, 0) is 6.54 Å². The number of ether oxygens (including phenoxy) is 1. The average molecular weight is 341 g/mol. The highest BCUT2D eigenvalue weighted by Crippen LogP contribution is 2.21. The Morgan fingerprint density at radius 1 is 1.12 bits per heavy atom. The SMILES string of the molecule is CCCOc1ccc(CNC(=O)Nc2ccc(N(C)C)cc2C)cc1. The van der Waals surface area contributed by atoms with Gasteiger partial charge < -0.3 is 20.3 Å². The molecule has 2 N–H and O–H groups in total. The summed E-state index contributed by atoms with van der Waals surface area (Å²) in [7, 11) is 3.99. The first-order chi connectivity index (χ1) is 12.0. The molecule has 2 rings (SSSR count). The molecule has 0 aliphatic carbocycles. The molecular formula is C20H27N3O2. The molecule has 2 aromatic carbocycles. The third-order valence-electron chi connectivity index (χ3n) is 3.82. The second-order valence-corrected chi connectivity index (χ2v) is 6.19. The third kappa shape index (κ3) is 5.71. The fourth-order valence-corrected chi connectivity index (χ4v) is 2.34. The standard InChI is InChI=1S/C20H27N3O2/c1-5-12-25-18-9-6-16(7-10-18)14-21-20(24)22-19-11-8-17(23(3)4)13-15(19)2/h6-11,13H,5,12,14H2,1-4H3,(H2,21,22,24). The van der Waals surface area contributed by atoms with Gasteiger partial charge in [0.15, 0.2) is 0 Å². The summed E-state index contributed by atoms with van der Waals surface area (Å²) >= 11 is 0. The molecule has 0 atom stereocenters. The van der Waals surface area contributed by atoms with E-state index in [1.165, 1.54) is 0 Å². The Hall–Kier alpha value is -2.69. The van der Waals surface area contributed by atoms with Gasteiger partial charge in [0.25, 0.3) is 0 Å². The first-order valence-corrected chi connectivity index (χ1v) is 8.54. The van der Waals surface area contributed by atoms with Gasteiger partial charge in [0.2, 0.25) is 0 Å². The molecule has 0 unspecified atom stereocenters. The van der Waals surface area contributed by atoms with Crippen LogP contribution in [0.2, 0.25) is 0 Å². The zero-order chi connectivity index (χ0) is 18.2. The normalized spacial score (nSPS) is 10.2. The van der Waals surface area contributed by atoms with E-state index in [0.29, 0.717) is 13.2 Å². The van der Waals surface area contributed by atoms with Crippen molar-refractivity contribution in [2.75, 3.05) is 30.9 Å². The van der Waals surface area contributed by atoms with E-state index in [1.54, 1.807) is 0 Å². The lowest BCUT2D eigenvalue weighted by Gasteiger charge is -2.16. The lowest BCUT2D eigenvalue weighted by atomic mass is 10.1. The molecular weight excluding hydrogens is 314 g/mol. The van der Waals surface area contributed by atoms with E-state index in [4.69, 9.17) is 4.74 Å². The number of hydrogen-bond donors (Lipinski definition) is 2. The van der Waals surface area contributed by atoms with E-state index < -0.39 is 0 Å². The molecule has 0 aliphatic heterocycles. The molecule has 2 aromatic rings. The predicted octanol–water partition coefficient (Wildman–Crippen LogP) is 4.17. The van der Waals surface area contributed by atoms with Crippen molar-refractivity contribution >= 4 is 17.4 Å². The summed E-state index contributed by atoms with van der Waals surface area (Å²) in [6.45, 7) is 5.24. The van der Waals surface area contributed by atoms with E-state index >= 15 is 0 Å². The van der Waals surface area contributed by atoms with Crippen LogP contribution in [0.5, 0.6) is 5.75 Å². The number of aryl methyl sites for hydroxylation is 1. The molecule has 2 amide bonds. The largest absolute Gasteiger partial charge is 0.494 e. The van der Waals surface area contributed by atoms with Crippen LogP contribution < -0.4 is 20.3 Å². The van der Waals surface area contributed by atoms with Crippen molar-refractivity contribution in [2.24, 2.45) is 0 Å². The van der Waals surface area contributed by atoms with Gasteiger partial charge in [-0.3, -0.25) is 0 Å². The van der Waals surface area contributed by atoms with Gasteiger partial charge in [-0.25, -0.2) is 4.79 Å². The molecule has 0 spiro atoms. The fourth-order valence-electron chi connectivity index (χ4n) is 2.34. The number of carbonyl (C=O) groups is 1. The van der Waals surface area contributed by atoms with Crippen LogP contribution in [-0.4, -0.2) is 26.7 Å². The van der Waals surface area contributed by atoms with Crippen molar-refractivity contribution in [1.29, 1.82) is 0 Å². The van der Waals surface area contributed by atoms with Gasteiger partial charge in [-0.2, -0.15) is 0 Å². The van der Waals surface area contributed by atoms with Crippen LogP contribution in [0.4, 0.5) is 16.2 Å². The Kier molecular flexibility index (Phi) is 6.69. The molecule has 0 bridgehead atoms. The van der Waals surface area contributed by atoms with Gasteiger partial charge in [0, 0.05) is 32.0 Å². The number of amides is 2. The van der Waals surface area contributed by atoms with Crippen LogP contribution in [0.3, 0.4) is 0 Å². The molecule has 134 valence electrons. The third-order valence-corrected chi connectivity index (χ3v) is 3.82. The van der Waals surface area contributed by atoms with Gasteiger partial charge in [-0.1, -0.05) is 19.1 Å². The van der Waals surface area contributed by atoms with Crippen molar-refractivity contribution in [1.82, 2.24) is 5.32 Å². The molecule has 0 saturated carbocycles. The summed E-state index contributed by atoms with van der Waals surface area (Å²) < 4.78 is 5.55. The molecule has 0 heterocycles. The van der Waals surface area contributed by atoms with E-state index in [1.807, 2.05) is 68.4 Å². The first-order valence-electron chi connectivity index (χ1n) is 8.54. The van der Waals surface area contributed by atoms with Gasteiger partial charge in [-0.05, 0) is 54.8 Å². The number of carbonyl (C=O) groups excluding carboxylic acids is 1. The summed E-state index contributed by atoms with van der Waals surface area (Å²) in [5.74, 6) is 0.853. The minimum absolute atomic E-state index is 0.216. The molecule has 0 aliphatic rings. The maximum Gasteiger partial charge on any atom is 0.319 e. The Labute approximate surface area is 150 Å². The Balaban J connectivity index is 1.86. The van der Waals surface area contributed by atoms with E-state index in [-0.39, 0.29) is 6.03 Å². The Morgan fingerprint density at radius 2 is 1.84 bits per heavy atom. The summed E-state index contributed by atoms with van der Waals surface area (Å²) in [5.41, 5.74) is 3.97. The minimum atomic E-state index is -0.216. The molecule has 0 radical (unpaired) electrons. The number of hydrogen-bond acceptors (Lipinski definition) is 3. The molecule has 25 heavy (non-hydrogen) atoms. The van der Waals surface area contributed by atoms with Gasteiger partial charge in [-0.15, -0.1) is 0 Å². The maximum atomic E-state index is 12.1. The monoisotopic (exact) mass is 341 g/mol. The predicted molar refractivity (Wildman–Crippen MR) is 104 cm³/mol. The summed E-state index contributed by atoms with van der Waals surface area (Å²) in [6.07, 6.45) is 0.985. The number of anilines is 2. The fraction of sp³-hybridized carbons (Fsp3) is 0.350. The van der Waals surface area contributed by atoms with Crippen molar-refractivity contribution in [3.63, 3.8) is 0 Å². The maximum absolute atomic E-state index is 12.1. The van der Waals surface area contributed by atoms with Crippen LogP contribution in [0.1, 0.15) is 24.5 Å². The summed E-state index contributed by atoms with van der Waals surface area (Å²) in [6, 6.07) is 13.5. The number of urea groups is 1. The van der Waals surface area contributed by atoms with Crippen molar-refractivity contribution in [2.45, 2.75) is 26.8 Å². The Morgan fingerprint density at radius 3 is 2.44 bits per heavy atom. The molecule has 5 nitrogen and oxygen atoms in total.